The van der Waals surface area contributed by atoms with E-state index in [-0.39, 0.29) is 23.7 Å². The van der Waals surface area contributed by atoms with Crippen LogP contribution in [0.4, 0.5) is 0 Å². The lowest BCUT2D eigenvalue weighted by molar-refractivity contribution is 0.175. The molecule has 3 atom stereocenters. The van der Waals surface area contributed by atoms with Gasteiger partial charge in [-0.3, -0.25) is 0 Å². The van der Waals surface area contributed by atoms with E-state index in [1.54, 1.807) is 0 Å². The number of benzene rings is 2. The van der Waals surface area contributed by atoms with Crippen molar-refractivity contribution in [2.75, 3.05) is 19.8 Å². The fraction of sp³-hybridized carbons (Fsp3) is 0.429. The van der Waals surface area contributed by atoms with Gasteiger partial charge in [-0.1, -0.05) is 50.3 Å². The van der Waals surface area contributed by atoms with E-state index in [4.69, 9.17) is 18.9 Å². The van der Waals surface area contributed by atoms with Gasteiger partial charge in [0, 0.05) is 5.41 Å². The van der Waals surface area contributed by atoms with Crippen molar-refractivity contribution in [1.82, 2.24) is 0 Å². The first-order chi connectivity index (χ1) is 15.4. The smallest absolute Gasteiger partial charge is 0.124 e. The molecule has 4 heteroatoms. The van der Waals surface area contributed by atoms with Crippen LogP contribution < -0.4 is 9.47 Å². The van der Waals surface area contributed by atoms with Gasteiger partial charge < -0.3 is 18.9 Å². The van der Waals surface area contributed by atoms with Crippen LogP contribution in [0.3, 0.4) is 0 Å². The van der Waals surface area contributed by atoms with Crippen LogP contribution in [0.25, 0.3) is 0 Å². The molecule has 0 amide bonds. The van der Waals surface area contributed by atoms with Gasteiger partial charge in [0.2, 0.25) is 0 Å². The summed E-state index contributed by atoms with van der Waals surface area (Å²) in [5.74, 6) is 1.82. The molecule has 2 aliphatic rings. The van der Waals surface area contributed by atoms with Crippen molar-refractivity contribution < 1.29 is 18.9 Å². The molecule has 0 saturated carbocycles. The summed E-state index contributed by atoms with van der Waals surface area (Å²) in [6.45, 7) is 16.6. The van der Waals surface area contributed by atoms with Crippen LogP contribution in [0.2, 0.25) is 0 Å². The molecular formula is C28H34O4. The number of hydrogen-bond donors (Lipinski definition) is 0. The van der Waals surface area contributed by atoms with Crippen molar-refractivity contribution in [1.29, 1.82) is 0 Å². The fourth-order valence-corrected chi connectivity index (χ4v) is 3.94. The molecule has 0 radical (unpaired) electrons. The zero-order valence-corrected chi connectivity index (χ0v) is 19.4. The van der Waals surface area contributed by atoms with Crippen molar-refractivity contribution in [3.63, 3.8) is 0 Å². The second-order valence-corrected chi connectivity index (χ2v) is 9.22. The second kappa shape index (κ2) is 9.51. The van der Waals surface area contributed by atoms with E-state index < -0.39 is 0 Å². The van der Waals surface area contributed by atoms with E-state index in [1.165, 1.54) is 11.1 Å². The van der Waals surface area contributed by atoms with Crippen LogP contribution in [-0.4, -0.2) is 38.1 Å². The average molecular weight is 435 g/mol. The minimum atomic E-state index is -0.187. The summed E-state index contributed by atoms with van der Waals surface area (Å²) in [6, 6.07) is 13.0. The lowest BCUT2D eigenvalue weighted by Gasteiger charge is -2.28. The first-order valence-electron chi connectivity index (χ1n) is 11.4. The Balaban J connectivity index is 1.60. The normalized spacial score (nSPS) is 20.3. The standard InChI is InChI=1S/C28H34O4/c1-6-8-20-14-22(10-12-25(20)30-17-24-16-29-24)28(4,5)23-11-13-26(21(15-23)9-7-2)32-19(3)27-18-31-27/h6-7,10-15,19,24,27H,1-2,8-9,16-18H2,3-5H3. The van der Waals surface area contributed by atoms with Gasteiger partial charge in [-0.2, -0.15) is 0 Å². The second-order valence-electron chi connectivity index (χ2n) is 9.22. The number of allylic oxidation sites excluding steroid dienone is 2. The van der Waals surface area contributed by atoms with Crippen molar-refractivity contribution in [3.8, 4) is 11.5 Å². The van der Waals surface area contributed by atoms with E-state index >= 15 is 0 Å². The van der Waals surface area contributed by atoms with Crippen LogP contribution in [0.1, 0.15) is 43.0 Å². The predicted molar refractivity (Wildman–Crippen MR) is 128 cm³/mol. The van der Waals surface area contributed by atoms with Crippen molar-refractivity contribution in [2.24, 2.45) is 0 Å². The number of ether oxygens (including phenoxy) is 4. The Morgan fingerprint density at radius 1 is 0.969 bits per heavy atom. The topological polar surface area (TPSA) is 43.5 Å². The maximum atomic E-state index is 6.20. The minimum Gasteiger partial charge on any atom is -0.490 e. The molecule has 2 fully saturated rings. The van der Waals surface area contributed by atoms with Crippen LogP contribution in [0.15, 0.2) is 61.7 Å². The molecule has 0 aromatic heterocycles. The molecule has 0 N–H and O–H groups in total. The first kappa shape index (κ1) is 22.6. The number of rotatable bonds is 12. The molecule has 4 rings (SSSR count). The Kier molecular flexibility index (Phi) is 6.73. The van der Waals surface area contributed by atoms with Crippen molar-refractivity contribution in [3.05, 3.63) is 84.0 Å². The molecule has 3 unspecified atom stereocenters. The maximum absolute atomic E-state index is 6.20. The summed E-state index contributed by atoms with van der Waals surface area (Å²) in [4.78, 5) is 0. The van der Waals surface area contributed by atoms with Crippen LogP contribution in [-0.2, 0) is 27.7 Å². The third-order valence-electron chi connectivity index (χ3n) is 6.32. The van der Waals surface area contributed by atoms with Gasteiger partial charge in [0.25, 0.3) is 0 Å². The fourth-order valence-electron chi connectivity index (χ4n) is 3.94. The van der Waals surface area contributed by atoms with Gasteiger partial charge in [-0.05, 0) is 54.2 Å². The van der Waals surface area contributed by atoms with Gasteiger partial charge in [-0.25, -0.2) is 0 Å². The lowest BCUT2D eigenvalue weighted by Crippen LogP contribution is -2.21. The molecule has 2 aromatic rings. The largest absolute Gasteiger partial charge is 0.490 e. The molecule has 2 aromatic carbocycles. The van der Waals surface area contributed by atoms with Crippen LogP contribution in [0.5, 0.6) is 11.5 Å². The average Bonchev–Trinajstić information content (AvgIpc) is 3.68. The summed E-state index contributed by atoms with van der Waals surface area (Å²) in [5.41, 5.74) is 4.58. The lowest BCUT2D eigenvalue weighted by atomic mass is 9.76. The summed E-state index contributed by atoms with van der Waals surface area (Å²) in [6.07, 6.45) is 5.86. The SMILES string of the molecule is C=CCc1cc(C(C)(C)c2ccc(OC(C)C3CO3)c(CC=C)c2)ccc1OCC1CO1. The zero-order chi connectivity index (χ0) is 22.7. The highest BCUT2D eigenvalue weighted by molar-refractivity contribution is 5.48. The molecule has 0 bridgehead atoms. The van der Waals surface area contributed by atoms with Gasteiger partial charge in [0.15, 0.2) is 0 Å². The minimum absolute atomic E-state index is 0.0486. The highest BCUT2D eigenvalue weighted by atomic mass is 16.6. The van der Waals surface area contributed by atoms with Gasteiger partial charge in [-0.15, -0.1) is 13.2 Å². The molecule has 2 heterocycles. The molecule has 4 nitrogen and oxygen atoms in total. The molecule has 0 spiro atoms. The number of hydrogen-bond acceptors (Lipinski definition) is 4. The molecule has 2 aliphatic heterocycles. The number of epoxide rings is 2. The van der Waals surface area contributed by atoms with Gasteiger partial charge in [0.1, 0.15) is 36.4 Å². The molecular weight excluding hydrogens is 400 g/mol. The molecule has 170 valence electrons. The van der Waals surface area contributed by atoms with E-state index in [2.05, 4.69) is 70.3 Å². The van der Waals surface area contributed by atoms with Crippen LogP contribution >= 0.6 is 0 Å². The highest BCUT2D eigenvalue weighted by Gasteiger charge is 2.32. The van der Waals surface area contributed by atoms with E-state index in [0.717, 1.165) is 48.7 Å². The third-order valence-corrected chi connectivity index (χ3v) is 6.32. The first-order valence-corrected chi connectivity index (χ1v) is 11.4. The van der Waals surface area contributed by atoms with Gasteiger partial charge in [0.05, 0.1) is 13.2 Å². The summed E-state index contributed by atoms with van der Waals surface area (Å²) in [5, 5.41) is 0. The quantitative estimate of drug-likeness (QED) is 0.331. The maximum Gasteiger partial charge on any atom is 0.124 e. The van der Waals surface area contributed by atoms with E-state index in [9.17, 15) is 0 Å². The molecule has 2 saturated heterocycles. The Morgan fingerprint density at radius 3 is 2.06 bits per heavy atom. The Hall–Kier alpha value is -2.56. The summed E-state index contributed by atoms with van der Waals surface area (Å²) < 4.78 is 22.9. The van der Waals surface area contributed by atoms with Crippen LogP contribution in [0, 0.1) is 0 Å². The van der Waals surface area contributed by atoms with Gasteiger partial charge >= 0.3 is 0 Å². The monoisotopic (exact) mass is 434 g/mol. The molecule has 32 heavy (non-hydrogen) atoms. The van der Waals surface area contributed by atoms with E-state index in [0.29, 0.717) is 6.61 Å². The Morgan fingerprint density at radius 2 is 1.53 bits per heavy atom. The van der Waals surface area contributed by atoms with E-state index in [1.807, 2.05) is 12.2 Å². The summed E-state index contributed by atoms with van der Waals surface area (Å²) in [7, 11) is 0. The Bertz CT molecular complexity index is 969. The summed E-state index contributed by atoms with van der Waals surface area (Å²) >= 11 is 0. The predicted octanol–water partition coefficient (Wildman–Crippen LogP) is 5.41. The van der Waals surface area contributed by atoms with Crippen molar-refractivity contribution >= 4 is 0 Å². The zero-order valence-electron chi connectivity index (χ0n) is 19.4. The molecule has 0 aliphatic carbocycles. The van der Waals surface area contributed by atoms with Crippen molar-refractivity contribution in [2.45, 2.75) is 57.3 Å². The highest BCUT2D eigenvalue weighted by Crippen LogP contribution is 2.37. The Labute approximate surface area is 191 Å². The third kappa shape index (κ3) is 5.25.